The third-order valence-corrected chi connectivity index (χ3v) is 6.23. The standard InChI is InChI=1S/C29H25FN4O5/c1-18-27(29(37)34(33(18)2)21-7-3-19(30)4-8-21)28(36)32-20-5-9-22(10-6-20)39-26-13-14-31-25-17-23(38-16-15-35)11-12-24(25)26/h3-14,17,35H,15-16H2,1-2H3,(H,32,36). The van der Waals surface area contributed by atoms with E-state index in [4.69, 9.17) is 14.6 Å². The number of hydrogen-bond donors (Lipinski definition) is 2. The molecule has 0 unspecified atom stereocenters. The van der Waals surface area contributed by atoms with Crippen molar-refractivity contribution in [3.8, 4) is 22.9 Å². The molecule has 198 valence electrons. The predicted molar refractivity (Wildman–Crippen MR) is 144 cm³/mol. The fourth-order valence-electron chi connectivity index (χ4n) is 4.21. The number of nitrogens with one attached hydrogen (secondary N) is 1. The molecule has 0 radical (unpaired) electrons. The fourth-order valence-corrected chi connectivity index (χ4v) is 4.21. The SMILES string of the molecule is Cc1c(C(=O)Nc2ccc(Oc3ccnc4cc(OCCO)ccc34)cc2)c(=O)n(-c2ccc(F)cc2)n1C. The minimum absolute atomic E-state index is 0.00672. The van der Waals surface area contributed by atoms with Crippen molar-refractivity contribution in [2.45, 2.75) is 6.92 Å². The monoisotopic (exact) mass is 528 g/mol. The molecule has 3 aromatic carbocycles. The quantitative estimate of drug-likeness (QED) is 0.305. The molecule has 0 aliphatic carbocycles. The third-order valence-electron chi connectivity index (χ3n) is 6.23. The topological polar surface area (TPSA) is 108 Å². The number of aromatic nitrogens is 3. The van der Waals surface area contributed by atoms with Crippen molar-refractivity contribution >= 4 is 22.5 Å². The zero-order chi connectivity index (χ0) is 27.5. The lowest BCUT2D eigenvalue weighted by atomic mass is 10.2. The van der Waals surface area contributed by atoms with E-state index in [9.17, 15) is 14.0 Å². The van der Waals surface area contributed by atoms with Gasteiger partial charge in [-0.2, -0.15) is 0 Å². The minimum atomic E-state index is -0.554. The van der Waals surface area contributed by atoms with Crippen molar-refractivity contribution in [1.82, 2.24) is 14.3 Å². The Kier molecular flexibility index (Phi) is 7.11. The van der Waals surface area contributed by atoms with Crippen LogP contribution in [0.25, 0.3) is 16.6 Å². The number of aliphatic hydroxyl groups excluding tert-OH is 1. The number of ether oxygens (including phenoxy) is 2. The Bertz CT molecular complexity index is 1710. The lowest BCUT2D eigenvalue weighted by Crippen LogP contribution is -2.25. The minimum Gasteiger partial charge on any atom is -0.491 e. The van der Waals surface area contributed by atoms with E-state index in [2.05, 4.69) is 10.3 Å². The second-order valence-electron chi connectivity index (χ2n) is 8.72. The van der Waals surface area contributed by atoms with Gasteiger partial charge in [0, 0.05) is 30.4 Å². The predicted octanol–water partition coefficient (Wildman–Crippen LogP) is 4.59. The summed E-state index contributed by atoms with van der Waals surface area (Å²) in [5.41, 5.74) is 1.56. The molecule has 2 N–H and O–H groups in total. The summed E-state index contributed by atoms with van der Waals surface area (Å²) in [6.07, 6.45) is 1.63. The highest BCUT2D eigenvalue weighted by atomic mass is 19.1. The van der Waals surface area contributed by atoms with E-state index in [1.165, 1.54) is 28.9 Å². The van der Waals surface area contributed by atoms with Crippen LogP contribution in [0.1, 0.15) is 16.1 Å². The Morgan fingerprint density at radius 2 is 1.74 bits per heavy atom. The number of carbonyl (C=O) groups is 1. The molecular formula is C29H25FN4O5. The zero-order valence-electron chi connectivity index (χ0n) is 21.2. The molecule has 9 nitrogen and oxygen atoms in total. The number of nitrogens with zero attached hydrogens (tertiary/aromatic N) is 3. The normalized spacial score (nSPS) is 11.0. The number of anilines is 1. The molecule has 2 heterocycles. The van der Waals surface area contributed by atoms with Crippen molar-refractivity contribution in [3.05, 3.63) is 106 Å². The molecule has 5 rings (SSSR count). The first-order valence-corrected chi connectivity index (χ1v) is 12.1. The summed E-state index contributed by atoms with van der Waals surface area (Å²) in [7, 11) is 1.66. The molecule has 0 aliphatic rings. The molecule has 0 atom stereocenters. The molecule has 0 fully saturated rings. The number of rotatable bonds is 8. The van der Waals surface area contributed by atoms with Gasteiger partial charge in [0.1, 0.15) is 35.2 Å². The van der Waals surface area contributed by atoms with E-state index >= 15 is 0 Å². The van der Waals surface area contributed by atoms with E-state index in [0.717, 1.165) is 5.39 Å². The Morgan fingerprint density at radius 1 is 1.03 bits per heavy atom. The molecule has 0 saturated carbocycles. The Labute approximate surface area is 222 Å². The second-order valence-corrected chi connectivity index (χ2v) is 8.72. The van der Waals surface area contributed by atoms with Crippen LogP contribution in [0.3, 0.4) is 0 Å². The molecule has 0 bridgehead atoms. The fraction of sp³-hybridized carbons (Fsp3) is 0.138. The largest absolute Gasteiger partial charge is 0.491 e. The maximum Gasteiger partial charge on any atom is 0.284 e. The van der Waals surface area contributed by atoms with E-state index in [-0.39, 0.29) is 18.8 Å². The van der Waals surface area contributed by atoms with Crippen LogP contribution >= 0.6 is 0 Å². The van der Waals surface area contributed by atoms with Crippen LogP contribution in [0.2, 0.25) is 0 Å². The van der Waals surface area contributed by atoms with Gasteiger partial charge >= 0.3 is 0 Å². The summed E-state index contributed by atoms with van der Waals surface area (Å²) >= 11 is 0. The lowest BCUT2D eigenvalue weighted by Gasteiger charge is -2.11. The average Bonchev–Trinajstić information content (AvgIpc) is 3.16. The number of pyridine rings is 1. The molecule has 0 aliphatic heterocycles. The summed E-state index contributed by atoms with van der Waals surface area (Å²) in [5, 5.41) is 12.5. The van der Waals surface area contributed by atoms with Gasteiger partial charge in [-0.15, -0.1) is 0 Å². The summed E-state index contributed by atoms with van der Waals surface area (Å²) in [6.45, 7) is 1.79. The van der Waals surface area contributed by atoms with E-state index in [1.54, 1.807) is 67.3 Å². The molecule has 1 amide bonds. The van der Waals surface area contributed by atoms with Gasteiger partial charge in [-0.25, -0.2) is 9.07 Å². The number of fused-ring (bicyclic) bond motifs is 1. The molecule has 2 aromatic heterocycles. The highest BCUT2D eigenvalue weighted by molar-refractivity contribution is 6.05. The van der Waals surface area contributed by atoms with Crippen LogP contribution in [0.4, 0.5) is 10.1 Å². The van der Waals surface area contributed by atoms with Crippen molar-refractivity contribution in [3.63, 3.8) is 0 Å². The van der Waals surface area contributed by atoms with Crippen LogP contribution in [-0.2, 0) is 7.05 Å². The van der Waals surface area contributed by atoms with E-state index < -0.39 is 17.3 Å². The first-order valence-electron chi connectivity index (χ1n) is 12.1. The second kappa shape index (κ2) is 10.8. The molecule has 10 heteroatoms. The van der Waals surface area contributed by atoms with Crippen molar-refractivity contribution in [2.24, 2.45) is 7.05 Å². The van der Waals surface area contributed by atoms with Gasteiger partial charge < -0.3 is 19.9 Å². The number of aliphatic hydroxyl groups is 1. The van der Waals surface area contributed by atoms with Gasteiger partial charge in [-0.1, -0.05) is 0 Å². The Balaban J connectivity index is 1.33. The molecule has 39 heavy (non-hydrogen) atoms. The van der Waals surface area contributed by atoms with Crippen molar-refractivity contribution < 1.29 is 23.8 Å². The van der Waals surface area contributed by atoms with Crippen molar-refractivity contribution in [1.29, 1.82) is 0 Å². The summed E-state index contributed by atoms with van der Waals surface area (Å²) in [5.74, 6) is 0.752. The molecular weight excluding hydrogens is 503 g/mol. The number of halogens is 1. The Hall–Kier alpha value is -4.96. The lowest BCUT2D eigenvalue weighted by molar-refractivity contribution is 0.102. The van der Waals surface area contributed by atoms with Crippen LogP contribution in [-0.4, -0.2) is 38.6 Å². The first-order chi connectivity index (χ1) is 18.9. The van der Waals surface area contributed by atoms with E-state index in [1.807, 2.05) is 6.07 Å². The number of carbonyl (C=O) groups excluding carboxylic acids is 1. The van der Waals surface area contributed by atoms with Crippen LogP contribution < -0.4 is 20.3 Å². The van der Waals surface area contributed by atoms with Gasteiger partial charge in [-0.05, 0) is 73.7 Å². The summed E-state index contributed by atoms with van der Waals surface area (Å²) in [6, 6.07) is 19.4. The average molecular weight is 529 g/mol. The molecule has 0 spiro atoms. The van der Waals surface area contributed by atoms with Gasteiger partial charge in [0.25, 0.3) is 11.5 Å². The Morgan fingerprint density at radius 3 is 2.46 bits per heavy atom. The zero-order valence-corrected chi connectivity index (χ0v) is 21.2. The van der Waals surface area contributed by atoms with Gasteiger partial charge in [0.05, 0.1) is 23.5 Å². The third kappa shape index (κ3) is 5.23. The number of amides is 1. The van der Waals surface area contributed by atoms with E-state index in [0.29, 0.717) is 39.8 Å². The van der Waals surface area contributed by atoms with Gasteiger partial charge in [-0.3, -0.25) is 19.3 Å². The first kappa shape index (κ1) is 25.7. The van der Waals surface area contributed by atoms with Crippen LogP contribution in [0.5, 0.6) is 17.2 Å². The van der Waals surface area contributed by atoms with Crippen LogP contribution in [0.15, 0.2) is 83.8 Å². The number of hydrogen-bond acceptors (Lipinski definition) is 6. The maximum absolute atomic E-state index is 13.3. The van der Waals surface area contributed by atoms with Crippen molar-refractivity contribution in [2.75, 3.05) is 18.5 Å². The van der Waals surface area contributed by atoms with Crippen LogP contribution in [0, 0.1) is 12.7 Å². The van der Waals surface area contributed by atoms with Gasteiger partial charge in [0.2, 0.25) is 0 Å². The summed E-state index contributed by atoms with van der Waals surface area (Å²) in [4.78, 5) is 30.5. The molecule has 0 saturated heterocycles. The number of benzene rings is 3. The smallest absolute Gasteiger partial charge is 0.284 e. The van der Waals surface area contributed by atoms with Gasteiger partial charge in [0.15, 0.2) is 0 Å². The highest BCUT2D eigenvalue weighted by Crippen LogP contribution is 2.31. The molecule has 5 aromatic rings. The highest BCUT2D eigenvalue weighted by Gasteiger charge is 2.22. The summed E-state index contributed by atoms with van der Waals surface area (Å²) < 4.78 is 27.7. The maximum atomic E-state index is 13.3.